The molecule has 0 radical (unpaired) electrons. The number of aryl methyl sites for hydroxylation is 1. The number of hydrogen-bond acceptors (Lipinski definition) is 2. The highest BCUT2D eigenvalue weighted by molar-refractivity contribution is 5.31. The fraction of sp³-hybridized carbons (Fsp3) is 0.625. The molecule has 2 nitrogen and oxygen atoms in total. The minimum Gasteiger partial charge on any atom is -0.396 e. The molecule has 1 aliphatic rings. The van der Waals surface area contributed by atoms with Crippen molar-refractivity contribution in [3.8, 4) is 0 Å². The van der Waals surface area contributed by atoms with Crippen LogP contribution >= 0.6 is 0 Å². The maximum absolute atomic E-state index is 9.25. The maximum atomic E-state index is 9.25. The molecule has 2 N–H and O–H groups in total. The monoisotopic (exact) mass is 247 g/mol. The lowest BCUT2D eigenvalue weighted by Crippen LogP contribution is -2.36. The third-order valence-electron chi connectivity index (χ3n) is 4.23. The molecule has 0 bridgehead atoms. The predicted octanol–water partition coefficient (Wildman–Crippen LogP) is 3.06. The molecule has 0 fully saturated rings. The number of nitrogens with one attached hydrogen (secondary N) is 1. The molecule has 0 spiro atoms. The first kappa shape index (κ1) is 13.6. The molecule has 1 aromatic carbocycles. The number of aliphatic hydroxyl groups is 1. The standard InChI is InChI=1S/C16H25NO/c1-12(11-18)13(2)17-16-10-6-4-8-14-7-3-5-9-15(14)16/h3,5,7,9,12-13,16-18H,4,6,8,10-11H2,1-2H3. The van der Waals surface area contributed by atoms with Gasteiger partial charge in [0.1, 0.15) is 0 Å². The Morgan fingerprint density at radius 3 is 2.83 bits per heavy atom. The van der Waals surface area contributed by atoms with Crippen LogP contribution in [0.25, 0.3) is 0 Å². The van der Waals surface area contributed by atoms with E-state index in [1.807, 2.05) is 0 Å². The van der Waals surface area contributed by atoms with Crippen molar-refractivity contribution in [1.29, 1.82) is 0 Å². The maximum Gasteiger partial charge on any atom is 0.0471 e. The van der Waals surface area contributed by atoms with Gasteiger partial charge in [-0.1, -0.05) is 37.6 Å². The molecule has 1 aromatic rings. The average molecular weight is 247 g/mol. The van der Waals surface area contributed by atoms with E-state index in [0.29, 0.717) is 18.0 Å². The zero-order valence-corrected chi connectivity index (χ0v) is 11.5. The lowest BCUT2D eigenvalue weighted by atomic mass is 9.96. The SMILES string of the molecule is CC(CO)C(C)NC1CCCCc2ccccc21. The van der Waals surface area contributed by atoms with Crippen LogP contribution in [-0.2, 0) is 6.42 Å². The van der Waals surface area contributed by atoms with Crippen molar-refractivity contribution >= 4 is 0 Å². The molecule has 3 unspecified atom stereocenters. The Morgan fingerprint density at radius 1 is 1.28 bits per heavy atom. The van der Waals surface area contributed by atoms with E-state index in [-0.39, 0.29) is 6.61 Å². The van der Waals surface area contributed by atoms with Gasteiger partial charge in [0.15, 0.2) is 0 Å². The lowest BCUT2D eigenvalue weighted by Gasteiger charge is -2.27. The van der Waals surface area contributed by atoms with Gasteiger partial charge in [-0.05, 0) is 43.2 Å². The van der Waals surface area contributed by atoms with Gasteiger partial charge in [-0.2, -0.15) is 0 Å². The van der Waals surface area contributed by atoms with E-state index in [4.69, 9.17) is 0 Å². The Labute approximate surface area is 110 Å². The van der Waals surface area contributed by atoms with Gasteiger partial charge >= 0.3 is 0 Å². The fourth-order valence-corrected chi connectivity index (χ4v) is 2.73. The molecule has 0 aliphatic heterocycles. The smallest absolute Gasteiger partial charge is 0.0471 e. The van der Waals surface area contributed by atoms with Gasteiger partial charge in [0, 0.05) is 18.7 Å². The summed E-state index contributed by atoms with van der Waals surface area (Å²) in [7, 11) is 0. The molecule has 0 heterocycles. The molecule has 3 atom stereocenters. The van der Waals surface area contributed by atoms with Gasteiger partial charge in [-0.3, -0.25) is 0 Å². The minimum atomic E-state index is 0.253. The highest BCUT2D eigenvalue weighted by Gasteiger charge is 2.21. The summed E-state index contributed by atoms with van der Waals surface area (Å²) in [4.78, 5) is 0. The van der Waals surface area contributed by atoms with Crippen LogP contribution in [0.15, 0.2) is 24.3 Å². The molecule has 2 heteroatoms. The molecule has 0 saturated carbocycles. The molecular weight excluding hydrogens is 222 g/mol. The molecule has 100 valence electrons. The van der Waals surface area contributed by atoms with E-state index >= 15 is 0 Å². The minimum absolute atomic E-state index is 0.253. The van der Waals surface area contributed by atoms with E-state index in [1.54, 1.807) is 0 Å². The Bertz CT molecular complexity index is 377. The van der Waals surface area contributed by atoms with Crippen molar-refractivity contribution in [2.45, 2.75) is 51.6 Å². The van der Waals surface area contributed by atoms with Crippen LogP contribution in [0.4, 0.5) is 0 Å². The summed E-state index contributed by atoms with van der Waals surface area (Å²) in [6, 6.07) is 9.60. The molecular formula is C16H25NO. The van der Waals surface area contributed by atoms with Crippen LogP contribution in [0.3, 0.4) is 0 Å². The highest BCUT2D eigenvalue weighted by atomic mass is 16.3. The molecule has 0 aromatic heterocycles. The van der Waals surface area contributed by atoms with E-state index in [0.717, 1.165) is 0 Å². The number of hydrogen-bond donors (Lipinski definition) is 2. The van der Waals surface area contributed by atoms with Crippen molar-refractivity contribution in [2.75, 3.05) is 6.61 Å². The van der Waals surface area contributed by atoms with E-state index in [1.165, 1.54) is 36.8 Å². The third-order valence-corrected chi connectivity index (χ3v) is 4.23. The first-order valence-corrected chi connectivity index (χ1v) is 7.17. The first-order valence-electron chi connectivity index (χ1n) is 7.17. The Hall–Kier alpha value is -0.860. The van der Waals surface area contributed by atoms with Gasteiger partial charge in [0.25, 0.3) is 0 Å². The number of benzene rings is 1. The van der Waals surface area contributed by atoms with Gasteiger partial charge < -0.3 is 10.4 Å². The predicted molar refractivity (Wildman–Crippen MR) is 75.6 cm³/mol. The van der Waals surface area contributed by atoms with Crippen LogP contribution in [0.1, 0.15) is 50.3 Å². The molecule has 18 heavy (non-hydrogen) atoms. The van der Waals surface area contributed by atoms with E-state index < -0.39 is 0 Å². The largest absolute Gasteiger partial charge is 0.396 e. The summed E-state index contributed by atoms with van der Waals surface area (Å²) < 4.78 is 0. The van der Waals surface area contributed by atoms with Crippen LogP contribution in [0, 0.1) is 5.92 Å². The zero-order chi connectivity index (χ0) is 13.0. The van der Waals surface area contributed by atoms with Gasteiger partial charge in [0.2, 0.25) is 0 Å². The normalized spacial score (nSPS) is 22.9. The molecule has 0 amide bonds. The van der Waals surface area contributed by atoms with Gasteiger partial charge in [0.05, 0.1) is 0 Å². The summed E-state index contributed by atoms with van der Waals surface area (Å²) in [5, 5.41) is 13.0. The zero-order valence-electron chi connectivity index (χ0n) is 11.5. The summed E-state index contributed by atoms with van der Waals surface area (Å²) in [5.74, 6) is 0.306. The molecule has 1 aliphatic carbocycles. The van der Waals surface area contributed by atoms with Gasteiger partial charge in [-0.25, -0.2) is 0 Å². The van der Waals surface area contributed by atoms with Crippen molar-refractivity contribution in [3.05, 3.63) is 35.4 Å². The second kappa shape index (κ2) is 6.35. The lowest BCUT2D eigenvalue weighted by molar-refractivity contribution is 0.199. The Kier molecular flexibility index (Phi) is 4.79. The highest BCUT2D eigenvalue weighted by Crippen LogP contribution is 2.29. The van der Waals surface area contributed by atoms with Crippen molar-refractivity contribution in [1.82, 2.24) is 5.32 Å². The summed E-state index contributed by atoms with van der Waals surface area (Å²) in [5.41, 5.74) is 2.96. The molecule has 2 rings (SSSR count). The van der Waals surface area contributed by atoms with Crippen molar-refractivity contribution < 1.29 is 5.11 Å². The second-order valence-corrected chi connectivity index (χ2v) is 5.61. The summed E-state index contributed by atoms with van der Waals surface area (Å²) in [6.07, 6.45) is 4.99. The fourth-order valence-electron chi connectivity index (χ4n) is 2.73. The van der Waals surface area contributed by atoms with Gasteiger partial charge in [-0.15, -0.1) is 0 Å². The van der Waals surface area contributed by atoms with E-state index in [2.05, 4.69) is 43.4 Å². The Balaban J connectivity index is 2.13. The summed E-state index contributed by atoms with van der Waals surface area (Å²) in [6.45, 7) is 4.52. The number of fused-ring (bicyclic) bond motifs is 1. The quantitative estimate of drug-likeness (QED) is 0.801. The average Bonchev–Trinajstić information content (AvgIpc) is 2.60. The number of aliphatic hydroxyl groups excluding tert-OH is 1. The topological polar surface area (TPSA) is 32.3 Å². The number of rotatable bonds is 4. The van der Waals surface area contributed by atoms with E-state index in [9.17, 15) is 5.11 Å². The molecule has 0 saturated heterocycles. The van der Waals surface area contributed by atoms with Crippen LogP contribution in [-0.4, -0.2) is 17.8 Å². The third kappa shape index (κ3) is 3.12. The van der Waals surface area contributed by atoms with Crippen LogP contribution in [0.2, 0.25) is 0 Å². The second-order valence-electron chi connectivity index (χ2n) is 5.61. The Morgan fingerprint density at radius 2 is 2.06 bits per heavy atom. The van der Waals surface area contributed by atoms with Crippen LogP contribution < -0.4 is 5.32 Å². The van der Waals surface area contributed by atoms with Crippen LogP contribution in [0.5, 0.6) is 0 Å². The summed E-state index contributed by atoms with van der Waals surface area (Å²) >= 11 is 0. The first-order chi connectivity index (χ1) is 8.72. The van der Waals surface area contributed by atoms with Crippen molar-refractivity contribution in [2.24, 2.45) is 5.92 Å². The van der Waals surface area contributed by atoms with Crippen molar-refractivity contribution in [3.63, 3.8) is 0 Å².